The third kappa shape index (κ3) is 4.88. The lowest BCUT2D eigenvalue weighted by Gasteiger charge is -2.35. The summed E-state index contributed by atoms with van der Waals surface area (Å²) in [5, 5.41) is 5.92. The SMILES string of the molecule is CCc1nn(CC)c2cc(N3CCN(C(N)=O)CC3)ccc12.Cc1ccccc1. The van der Waals surface area contributed by atoms with E-state index in [1.807, 2.05) is 18.2 Å². The van der Waals surface area contributed by atoms with Gasteiger partial charge in [0.05, 0.1) is 11.2 Å². The fourth-order valence-electron chi connectivity index (χ4n) is 3.65. The quantitative estimate of drug-likeness (QED) is 0.736. The van der Waals surface area contributed by atoms with Gasteiger partial charge in [0.15, 0.2) is 0 Å². The Morgan fingerprint density at radius 1 is 1.03 bits per heavy atom. The summed E-state index contributed by atoms with van der Waals surface area (Å²) in [5.41, 5.74) is 10.2. The first-order valence-corrected chi connectivity index (χ1v) is 10.3. The molecule has 3 aromatic rings. The van der Waals surface area contributed by atoms with Crippen LogP contribution in [-0.2, 0) is 13.0 Å². The first-order valence-electron chi connectivity index (χ1n) is 10.3. The highest BCUT2D eigenvalue weighted by molar-refractivity contribution is 5.85. The van der Waals surface area contributed by atoms with Gasteiger partial charge < -0.3 is 15.5 Å². The van der Waals surface area contributed by atoms with Crippen LogP contribution in [0.5, 0.6) is 0 Å². The minimum absolute atomic E-state index is 0.327. The Kier molecular flexibility index (Phi) is 6.75. The Balaban J connectivity index is 0.000000290. The third-order valence-corrected chi connectivity index (χ3v) is 5.34. The first kappa shape index (κ1) is 20.7. The fourth-order valence-corrected chi connectivity index (χ4v) is 3.65. The molecule has 1 aliphatic heterocycles. The number of carbonyl (C=O) groups is 1. The molecular formula is C23H31N5O. The van der Waals surface area contributed by atoms with Crippen LogP contribution in [0.4, 0.5) is 10.5 Å². The van der Waals surface area contributed by atoms with Gasteiger partial charge in [0, 0.05) is 43.8 Å². The van der Waals surface area contributed by atoms with E-state index < -0.39 is 0 Å². The number of urea groups is 1. The Morgan fingerprint density at radius 2 is 1.72 bits per heavy atom. The van der Waals surface area contributed by atoms with Gasteiger partial charge in [-0.25, -0.2) is 4.79 Å². The summed E-state index contributed by atoms with van der Waals surface area (Å²) in [6.45, 7) is 10.2. The average molecular weight is 394 g/mol. The number of nitrogens with zero attached hydrogens (tertiary/aromatic N) is 4. The van der Waals surface area contributed by atoms with E-state index in [4.69, 9.17) is 5.73 Å². The maximum absolute atomic E-state index is 11.2. The molecule has 0 atom stereocenters. The van der Waals surface area contributed by atoms with E-state index in [1.54, 1.807) is 4.90 Å². The number of rotatable bonds is 3. The van der Waals surface area contributed by atoms with Crippen molar-refractivity contribution in [1.82, 2.24) is 14.7 Å². The molecule has 1 saturated heterocycles. The number of benzene rings is 2. The lowest BCUT2D eigenvalue weighted by atomic mass is 10.1. The van der Waals surface area contributed by atoms with Crippen LogP contribution in [0.3, 0.4) is 0 Å². The van der Waals surface area contributed by atoms with Crippen molar-refractivity contribution >= 4 is 22.6 Å². The monoisotopic (exact) mass is 393 g/mol. The number of fused-ring (bicyclic) bond motifs is 1. The van der Waals surface area contributed by atoms with Gasteiger partial charge in [0.25, 0.3) is 0 Å². The van der Waals surface area contributed by atoms with E-state index in [1.165, 1.54) is 22.2 Å². The average Bonchev–Trinajstić information content (AvgIpc) is 3.12. The van der Waals surface area contributed by atoms with Crippen molar-refractivity contribution < 1.29 is 4.79 Å². The van der Waals surface area contributed by atoms with Gasteiger partial charge >= 0.3 is 6.03 Å². The number of carbonyl (C=O) groups excluding carboxylic acids is 1. The minimum Gasteiger partial charge on any atom is -0.368 e. The number of amides is 2. The van der Waals surface area contributed by atoms with Crippen molar-refractivity contribution in [1.29, 1.82) is 0 Å². The zero-order valence-corrected chi connectivity index (χ0v) is 17.6. The molecule has 1 fully saturated rings. The smallest absolute Gasteiger partial charge is 0.314 e. The molecule has 29 heavy (non-hydrogen) atoms. The van der Waals surface area contributed by atoms with Crippen LogP contribution >= 0.6 is 0 Å². The van der Waals surface area contributed by atoms with Crippen LogP contribution in [0.2, 0.25) is 0 Å². The number of nitrogens with two attached hydrogens (primary N) is 1. The van der Waals surface area contributed by atoms with Gasteiger partial charge in [0.2, 0.25) is 0 Å². The second-order valence-corrected chi connectivity index (χ2v) is 7.28. The van der Waals surface area contributed by atoms with Crippen LogP contribution in [-0.4, -0.2) is 46.9 Å². The number of hydrogen-bond donors (Lipinski definition) is 1. The first-order chi connectivity index (χ1) is 14.0. The Morgan fingerprint density at radius 3 is 2.24 bits per heavy atom. The molecule has 2 N–H and O–H groups in total. The predicted octanol–water partition coefficient (Wildman–Crippen LogP) is 3.81. The Labute approximate surface area is 172 Å². The minimum atomic E-state index is -0.327. The van der Waals surface area contributed by atoms with E-state index in [-0.39, 0.29) is 6.03 Å². The molecule has 2 heterocycles. The van der Waals surface area contributed by atoms with Gasteiger partial charge in [-0.3, -0.25) is 4.68 Å². The van der Waals surface area contributed by atoms with Crippen molar-refractivity contribution in [3.8, 4) is 0 Å². The molecule has 0 unspecified atom stereocenters. The number of primary amides is 1. The van der Waals surface area contributed by atoms with Crippen molar-refractivity contribution in [3.05, 3.63) is 59.8 Å². The summed E-state index contributed by atoms with van der Waals surface area (Å²) in [6, 6.07) is 16.5. The summed E-state index contributed by atoms with van der Waals surface area (Å²) >= 11 is 0. The molecule has 0 spiro atoms. The fraction of sp³-hybridized carbons (Fsp3) is 0.391. The molecule has 4 rings (SSSR count). The number of piperazine rings is 1. The maximum atomic E-state index is 11.2. The molecule has 0 bridgehead atoms. The second-order valence-electron chi connectivity index (χ2n) is 7.28. The lowest BCUT2D eigenvalue weighted by Crippen LogP contribution is -2.50. The van der Waals surface area contributed by atoms with Gasteiger partial charge in [-0.2, -0.15) is 5.10 Å². The van der Waals surface area contributed by atoms with E-state index in [0.29, 0.717) is 13.1 Å². The van der Waals surface area contributed by atoms with Crippen molar-refractivity contribution in [3.63, 3.8) is 0 Å². The Hall–Kier alpha value is -3.02. The number of anilines is 1. The van der Waals surface area contributed by atoms with E-state index in [9.17, 15) is 4.79 Å². The molecule has 0 aliphatic carbocycles. The molecule has 154 valence electrons. The summed E-state index contributed by atoms with van der Waals surface area (Å²) < 4.78 is 2.07. The molecule has 1 aromatic heterocycles. The highest BCUT2D eigenvalue weighted by atomic mass is 16.2. The highest BCUT2D eigenvalue weighted by Gasteiger charge is 2.20. The lowest BCUT2D eigenvalue weighted by molar-refractivity contribution is 0.204. The van der Waals surface area contributed by atoms with Crippen LogP contribution < -0.4 is 10.6 Å². The van der Waals surface area contributed by atoms with E-state index >= 15 is 0 Å². The summed E-state index contributed by atoms with van der Waals surface area (Å²) in [5.74, 6) is 0. The van der Waals surface area contributed by atoms with Crippen LogP contribution in [0.15, 0.2) is 48.5 Å². The molecule has 2 aromatic carbocycles. The van der Waals surface area contributed by atoms with Gasteiger partial charge in [0.1, 0.15) is 0 Å². The highest BCUT2D eigenvalue weighted by Crippen LogP contribution is 2.26. The zero-order valence-electron chi connectivity index (χ0n) is 17.6. The number of aromatic nitrogens is 2. The Bertz CT molecular complexity index is 943. The number of aryl methyl sites for hydroxylation is 3. The largest absolute Gasteiger partial charge is 0.368 e. The summed E-state index contributed by atoms with van der Waals surface area (Å²) in [4.78, 5) is 15.2. The van der Waals surface area contributed by atoms with Gasteiger partial charge in [-0.05, 0) is 38.5 Å². The maximum Gasteiger partial charge on any atom is 0.314 e. The van der Waals surface area contributed by atoms with Gasteiger partial charge in [-0.1, -0.05) is 42.8 Å². The molecule has 0 saturated carbocycles. The molecule has 6 heteroatoms. The summed E-state index contributed by atoms with van der Waals surface area (Å²) in [7, 11) is 0. The normalized spacial score (nSPS) is 13.9. The predicted molar refractivity (Wildman–Crippen MR) is 119 cm³/mol. The van der Waals surface area contributed by atoms with Crippen molar-refractivity contribution in [2.45, 2.75) is 33.7 Å². The summed E-state index contributed by atoms with van der Waals surface area (Å²) in [6.07, 6.45) is 0.945. The van der Waals surface area contributed by atoms with E-state index in [2.05, 4.69) is 65.8 Å². The molecule has 6 nitrogen and oxygen atoms in total. The molecule has 2 amide bonds. The van der Waals surface area contributed by atoms with Crippen molar-refractivity contribution in [2.75, 3.05) is 31.1 Å². The number of hydrogen-bond acceptors (Lipinski definition) is 3. The zero-order chi connectivity index (χ0) is 20.8. The van der Waals surface area contributed by atoms with Crippen LogP contribution in [0.1, 0.15) is 25.1 Å². The molecule has 0 radical (unpaired) electrons. The third-order valence-electron chi connectivity index (χ3n) is 5.34. The molecular weight excluding hydrogens is 362 g/mol. The van der Waals surface area contributed by atoms with E-state index in [0.717, 1.165) is 31.7 Å². The topological polar surface area (TPSA) is 67.4 Å². The molecule has 1 aliphatic rings. The van der Waals surface area contributed by atoms with Crippen LogP contribution in [0, 0.1) is 6.92 Å². The second kappa shape index (κ2) is 9.45. The van der Waals surface area contributed by atoms with Gasteiger partial charge in [-0.15, -0.1) is 0 Å². The standard InChI is InChI=1S/C16H23N5O.C7H8/c1-3-14-13-6-5-12(11-15(13)21(4-2)18-14)19-7-9-20(10-8-19)16(17)22;1-7-5-3-2-4-6-7/h5-6,11H,3-4,7-10H2,1-2H3,(H2,17,22);2-6H,1H3. The van der Waals surface area contributed by atoms with Crippen LogP contribution in [0.25, 0.3) is 10.9 Å². The van der Waals surface area contributed by atoms with Crippen molar-refractivity contribution in [2.24, 2.45) is 5.73 Å².